The number of carbonyl (C=O) groups excluding carboxylic acids is 2. The lowest BCUT2D eigenvalue weighted by Crippen LogP contribution is -2.40. The van der Waals surface area contributed by atoms with Crippen LogP contribution in [-0.4, -0.2) is 18.9 Å². The summed E-state index contributed by atoms with van der Waals surface area (Å²) in [5.74, 6) is -1.60. The predicted molar refractivity (Wildman–Crippen MR) is 73.1 cm³/mol. The summed E-state index contributed by atoms with van der Waals surface area (Å²) in [6.45, 7) is 0. The van der Waals surface area contributed by atoms with Crippen molar-refractivity contribution in [1.82, 2.24) is 0 Å². The molecule has 0 N–H and O–H groups in total. The second-order valence-corrected chi connectivity index (χ2v) is 5.39. The summed E-state index contributed by atoms with van der Waals surface area (Å²) in [6, 6.07) is 9.28. The highest BCUT2D eigenvalue weighted by molar-refractivity contribution is 6.30. The summed E-state index contributed by atoms with van der Waals surface area (Å²) in [5.41, 5.74) is -0.119. The summed E-state index contributed by atoms with van der Waals surface area (Å²) in [4.78, 5) is 23.6. The van der Waals surface area contributed by atoms with Gasteiger partial charge in [-0.1, -0.05) is 23.7 Å². The zero-order chi connectivity index (χ0) is 14.8. The number of methoxy groups -OCH3 is 1. The molecule has 0 saturated heterocycles. The molecule has 0 aliphatic heterocycles. The van der Waals surface area contributed by atoms with Gasteiger partial charge in [-0.2, -0.15) is 5.26 Å². The van der Waals surface area contributed by atoms with Gasteiger partial charge in [0.25, 0.3) is 0 Å². The summed E-state index contributed by atoms with van der Waals surface area (Å²) in [5, 5.41) is 10.1. The molecule has 0 aromatic heterocycles. The topological polar surface area (TPSA) is 67.2 Å². The Morgan fingerprint density at radius 1 is 1.55 bits per heavy atom. The van der Waals surface area contributed by atoms with Crippen molar-refractivity contribution >= 4 is 23.4 Å². The lowest BCUT2D eigenvalue weighted by atomic mass is 9.66. The van der Waals surface area contributed by atoms with Crippen LogP contribution in [0.1, 0.15) is 24.8 Å². The number of Topliss-reactive ketones (excluding diaryl/α,β-unsaturated/α-hetero) is 1. The third-order valence-corrected chi connectivity index (χ3v) is 4.05. The fourth-order valence-corrected chi connectivity index (χ4v) is 2.84. The van der Waals surface area contributed by atoms with Crippen LogP contribution >= 0.6 is 11.6 Å². The number of ketones is 1. The number of hydrogen-bond acceptors (Lipinski definition) is 4. The van der Waals surface area contributed by atoms with Crippen molar-refractivity contribution in [2.45, 2.75) is 24.7 Å². The lowest BCUT2D eigenvalue weighted by molar-refractivity contribution is -0.151. The second-order valence-electron chi connectivity index (χ2n) is 4.95. The van der Waals surface area contributed by atoms with Gasteiger partial charge in [0.2, 0.25) is 0 Å². The molecule has 0 radical (unpaired) electrons. The molecule has 104 valence electrons. The number of rotatable bonds is 2. The van der Waals surface area contributed by atoms with Gasteiger partial charge in [0, 0.05) is 11.4 Å². The number of ether oxygens (including phenoxy) is 1. The molecule has 0 spiro atoms. The van der Waals surface area contributed by atoms with Crippen LogP contribution < -0.4 is 0 Å². The molecular weight excluding hydrogens is 278 g/mol. The Morgan fingerprint density at radius 2 is 2.30 bits per heavy atom. The van der Waals surface area contributed by atoms with E-state index in [1.807, 2.05) is 0 Å². The fourth-order valence-electron chi connectivity index (χ4n) is 2.65. The summed E-state index contributed by atoms with van der Waals surface area (Å²) >= 11 is 5.97. The first-order valence-electron chi connectivity index (χ1n) is 6.30. The van der Waals surface area contributed by atoms with E-state index in [9.17, 15) is 14.9 Å². The minimum Gasteiger partial charge on any atom is -0.468 e. The third kappa shape index (κ3) is 2.54. The van der Waals surface area contributed by atoms with Crippen molar-refractivity contribution < 1.29 is 14.3 Å². The van der Waals surface area contributed by atoms with Gasteiger partial charge in [-0.05, 0) is 30.5 Å². The molecule has 20 heavy (non-hydrogen) atoms. The van der Waals surface area contributed by atoms with Crippen LogP contribution in [0.2, 0.25) is 5.02 Å². The maximum Gasteiger partial charge on any atom is 0.316 e. The summed E-state index contributed by atoms with van der Waals surface area (Å²) in [6.07, 6.45) is 0.741. The third-order valence-electron chi connectivity index (χ3n) is 3.82. The molecule has 0 bridgehead atoms. The first-order chi connectivity index (χ1) is 9.52. The van der Waals surface area contributed by atoms with Gasteiger partial charge in [0.05, 0.1) is 18.6 Å². The Labute approximate surface area is 122 Å². The van der Waals surface area contributed by atoms with Gasteiger partial charge >= 0.3 is 5.97 Å². The summed E-state index contributed by atoms with van der Waals surface area (Å²) < 4.78 is 4.66. The number of esters is 1. The van der Waals surface area contributed by atoms with E-state index in [2.05, 4.69) is 10.8 Å². The van der Waals surface area contributed by atoms with E-state index in [4.69, 9.17) is 11.6 Å². The molecule has 2 rings (SSSR count). The Bertz CT molecular complexity index is 585. The Balaban J connectivity index is 2.39. The maximum absolute atomic E-state index is 11.9. The van der Waals surface area contributed by atoms with E-state index in [1.54, 1.807) is 24.3 Å². The standard InChI is InChI=1S/C15H14ClNO3/c1-20-14(19)12-8-15(9-17,6-5-13(12)18)10-3-2-4-11(16)7-10/h2-4,7,12H,5-6,8H2,1H3. The maximum atomic E-state index is 11.9. The van der Waals surface area contributed by atoms with Gasteiger partial charge < -0.3 is 4.74 Å². The monoisotopic (exact) mass is 291 g/mol. The molecule has 1 saturated carbocycles. The number of halogens is 1. The van der Waals surface area contributed by atoms with Crippen LogP contribution in [0.15, 0.2) is 24.3 Å². The molecule has 1 aromatic carbocycles. The molecule has 1 aromatic rings. The second kappa shape index (κ2) is 5.64. The fraction of sp³-hybridized carbons (Fsp3) is 0.400. The number of nitriles is 1. The molecule has 1 aliphatic carbocycles. The van der Waals surface area contributed by atoms with E-state index in [0.29, 0.717) is 11.4 Å². The van der Waals surface area contributed by atoms with E-state index < -0.39 is 17.3 Å². The van der Waals surface area contributed by atoms with Crippen LogP contribution in [-0.2, 0) is 19.7 Å². The molecule has 2 unspecified atom stereocenters. The van der Waals surface area contributed by atoms with Crippen LogP contribution in [0.3, 0.4) is 0 Å². The van der Waals surface area contributed by atoms with Crippen molar-refractivity contribution in [3.05, 3.63) is 34.9 Å². The molecular formula is C15H14ClNO3. The molecule has 5 heteroatoms. The zero-order valence-corrected chi connectivity index (χ0v) is 11.8. The van der Waals surface area contributed by atoms with Gasteiger partial charge in [0.15, 0.2) is 0 Å². The van der Waals surface area contributed by atoms with Gasteiger partial charge in [0.1, 0.15) is 11.7 Å². The molecule has 0 heterocycles. The zero-order valence-electron chi connectivity index (χ0n) is 11.1. The highest BCUT2D eigenvalue weighted by Crippen LogP contribution is 2.41. The van der Waals surface area contributed by atoms with Crippen LogP contribution in [0.4, 0.5) is 0 Å². The average molecular weight is 292 g/mol. The highest BCUT2D eigenvalue weighted by atomic mass is 35.5. The Morgan fingerprint density at radius 3 is 2.90 bits per heavy atom. The van der Waals surface area contributed by atoms with E-state index in [0.717, 1.165) is 5.56 Å². The SMILES string of the molecule is COC(=O)C1CC(C#N)(c2cccc(Cl)c2)CCC1=O. The Hall–Kier alpha value is -1.86. The molecule has 1 aliphatic rings. The molecule has 0 amide bonds. The van der Waals surface area contributed by atoms with E-state index >= 15 is 0 Å². The summed E-state index contributed by atoms with van der Waals surface area (Å²) in [7, 11) is 1.25. The normalized spacial score (nSPS) is 25.9. The average Bonchev–Trinajstić information content (AvgIpc) is 2.47. The largest absolute Gasteiger partial charge is 0.468 e. The van der Waals surface area contributed by atoms with Crippen LogP contribution in [0.25, 0.3) is 0 Å². The quantitative estimate of drug-likeness (QED) is 0.620. The first kappa shape index (κ1) is 14.5. The number of nitrogens with zero attached hydrogens (tertiary/aromatic N) is 1. The van der Waals surface area contributed by atoms with E-state index in [-0.39, 0.29) is 18.6 Å². The number of carbonyl (C=O) groups is 2. The van der Waals surface area contributed by atoms with Crippen molar-refractivity contribution in [3.63, 3.8) is 0 Å². The van der Waals surface area contributed by atoms with Gasteiger partial charge in [-0.15, -0.1) is 0 Å². The van der Waals surface area contributed by atoms with Crippen molar-refractivity contribution in [3.8, 4) is 6.07 Å². The molecule has 4 nitrogen and oxygen atoms in total. The van der Waals surface area contributed by atoms with Gasteiger partial charge in [-0.25, -0.2) is 0 Å². The minimum atomic E-state index is -0.868. The van der Waals surface area contributed by atoms with Crippen LogP contribution in [0.5, 0.6) is 0 Å². The molecule has 2 atom stereocenters. The number of hydrogen-bond donors (Lipinski definition) is 0. The highest BCUT2D eigenvalue weighted by Gasteiger charge is 2.45. The van der Waals surface area contributed by atoms with Crippen molar-refractivity contribution in [2.75, 3.05) is 7.11 Å². The first-order valence-corrected chi connectivity index (χ1v) is 6.68. The van der Waals surface area contributed by atoms with Crippen molar-refractivity contribution in [2.24, 2.45) is 5.92 Å². The smallest absolute Gasteiger partial charge is 0.316 e. The predicted octanol–water partition coefficient (Wildman–Crippen LogP) is 2.64. The Kier molecular flexibility index (Phi) is 4.10. The van der Waals surface area contributed by atoms with Gasteiger partial charge in [-0.3, -0.25) is 9.59 Å². The minimum absolute atomic E-state index is 0.148. The van der Waals surface area contributed by atoms with Crippen molar-refractivity contribution in [1.29, 1.82) is 5.26 Å². The van der Waals surface area contributed by atoms with Crippen LogP contribution in [0, 0.1) is 17.2 Å². The number of benzene rings is 1. The lowest BCUT2D eigenvalue weighted by Gasteiger charge is -2.34. The van der Waals surface area contributed by atoms with E-state index in [1.165, 1.54) is 7.11 Å². The molecule has 1 fully saturated rings.